The van der Waals surface area contributed by atoms with Crippen molar-refractivity contribution in [1.29, 1.82) is 0 Å². The fourth-order valence-corrected chi connectivity index (χ4v) is 2.75. The molecule has 0 atom stereocenters. The number of carbonyl (C=O) groups is 1. The highest BCUT2D eigenvalue weighted by molar-refractivity contribution is 6.34. The minimum absolute atomic E-state index is 0.307. The lowest BCUT2D eigenvalue weighted by Gasteiger charge is -2.04. The molecule has 0 radical (unpaired) electrons. The zero-order valence-corrected chi connectivity index (χ0v) is 13.9. The molecule has 0 aliphatic heterocycles. The van der Waals surface area contributed by atoms with Gasteiger partial charge in [-0.05, 0) is 18.2 Å². The molecule has 122 valence electrons. The van der Waals surface area contributed by atoms with Crippen molar-refractivity contribution in [3.63, 3.8) is 0 Å². The fraction of sp³-hybridized carbons (Fsp3) is 0.111. The molecule has 0 aliphatic rings. The molecule has 3 rings (SSSR count). The second-order valence-electron chi connectivity index (χ2n) is 5.09. The zero-order valence-electron chi connectivity index (χ0n) is 13.2. The summed E-state index contributed by atoms with van der Waals surface area (Å²) >= 11 is 6.33. The van der Waals surface area contributed by atoms with Crippen molar-refractivity contribution in [3.8, 4) is 5.75 Å². The Labute approximate surface area is 144 Å². The van der Waals surface area contributed by atoms with Crippen LogP contribution in [0.25, 0.3) is 10.9 Å². The lowest BCUT2D eigenvalue weighted by Crippen LogP contribution is -2.03. The molecule has 0 N–H and O–H groups in total. The molecular weight excluding hydrogens is 328 g/mol. The molecule has 0 bridgehead atoms. The lowest BCUT2D eigenvalue weighted by molar-refractivity contribution is 0.0515. The van der Waals surface area contributed by atoms with Gasteiger partial charge in [-0.25, -0.2) is 4.79 Å². The van der Waals surface area contributed by atoms with E-state index in [9.17, 15) is 4.79 Å². The van der Waals surface area contributed by atoms with E-state index in [1.807, 2.05) is 35.9 Å². The second-order valence-corrected chi connectivity index (χ2v) is 5.45. The molecule has 2 aromatic carbocycles. The molecule has 3 aromatic rings. The van der Waals surface area contributed by atoms with Crippen LogP contribution in [0.3, 0.4) is 0 Å². The van der Waals surface area contributed by atoms with Crippen molar-refractivity contribution in [2.45, 2.75) is 0 Å². The number of hydrogen-bond donors (Lipinski definition) is 0. The van der Waals surface area contributed by atoms with Crippen molar-refractivity contribution in [3.05, 3.63) is 64.8 Å². The molecule has 0 saturated heterocycles. The van der Waals surface area contributed by atoms with Gasteiger partial charge in [-0.3, -0.25) is 0 Å². The molecule has 0 saturated carbocycles. The number of oxime groups is 1. The first kappa shape index (κ1) is 16.1. The maximum atomic E-state index is 12.1. The number of fused-ring (bicyclic) bond motifs is 1. The molecule has 1 heterocycles. The maximum absolute atomic E-state index is 12.1. The minimum atomic E-state index is -0.597. The summed E-state index contributed by atoms with van der Waals surface area (Å²) < 4.78 is 6.98. The standard InChI is InChI=1S/C18H15ClN2O3/c1-21-15-9-5-3-7-12(15)14(17(21)19)11-20-24-18(22)13-8-4-6-10-16(13)23-2/h3-11H,1-2H3. The number of hydrogen-bond acceptors (Lipinski definition) is 4. The molecule has 0 fully saturated rings. The maximum Gasteiger partial charge on any atom is 0.369 e. The summed E-state index contributed by atoms with van der Waals surface area (Å²) in [6, 6.07) is 14.5. The molecule has 0 unspecified atom stereocenters. The molecule has 0 aliphatic carbocycles. The zero-order chi connectivity index (χ0) is 17.1. The summed E-state index contributed by atoms with van der Waals surface area (Å²) in [7, 11) is 3.36. The van der Waals surface area contributed by atoms with Crippen molar-refractivity contribution in [2.24, 2.45) is 12.2 Å². The summed E-state index contributed by atoms with van der Waals surface area (Å²) in [4.78, 5) is 17.1. The van der Waals surface area contributed by atoms with Crippen LogP contribution in [0.2, 0.25) is 5.15 Å². The number of benzene rings is 2. The van der Waals surface area contributed by atoms with Crippen LogP contribution in [-0.4, -0.2) is 23.9 Å². The van der Waals surface area contributed by atoms with E-state index < -0.39 is 5.97 Å². The van der Waals surface area contributed by atoms with Gasteiger partial charge in [-0.15, -0.1) is 0 Å². The number of nitrogens with zero attached hydrogens (tertiary/aromatic N) is 2. The van der Waals surface area contributed by atoms with Gasteiger partial charge in [0.15, 0.2) is 0 Å². The summed E-state index contributed by atoms with van der Waals surface area (Å²) in [6.07, 6.45) is 1.44. The van der Waals surface area contributed by atoms with Gasteiger partial charge in [0.1, 0.15) is 16.5 Å². The Morgan fingerprint density at radius 3 is 2.67 bits per heavy atom. The number of aromatic nitrogens is 1. The van der Waals surface area contributed by atoms with Crippen LogP contribution in [0.5, 0.6) is 5.75 Å². The predicted octanol–water partition coefficient (Wildman–Crippen LogP) is 4.03. The Morgan fingerprint density at radius 2 is 1.88 bits per heavy atom. The predicted molar refractivity (Wildman–Crippen MR) is 93.9 cm³/mol. The van der Waals surface area contributed by atoms with Gasteiger partial charge in [0.2, 0.25) is 0 Å². The van der Waals surface area contributed by atoms with E-state index in [-0.39, 0.29) is 0 Å². The third-order valence-electron chi connectivity index (χ3n) is 3.72. The van der Waals surface area contributed by atoms with Crippen LogP contribution in [0.4, 0.5) is 0 Å². The van der Waals surface area contributed by atoms with Crippen molar-refractivity contribution in [1.82, 2.24) is 4.57 Å². The van der Waals surface area contributed by atoms with Gasteiger partial charge in [-0.2, -0.15) is 0 Å². The van der Waals surface area contributed by atoms with E-state index in [0.29, 0.717) is 22.0 Å². The van der Waals surface area contributed by atoms with Crippen molar-refractivity contribution < 1.29 is 14.4 Å². The number of ether oxygens (including phenoxy) is 1. The fourth-order valence-electron chi connectivity index (χ4n) is 2.50. The van der Waals surface area contributed by atoms with E-state index in [1.54, 1.807) is 24.3 Å². The van der Waals surface area contributed by atoms with Crippen LogP contribution in [-0.2, 0) is 11.9 Å². The summed E-state index contributed by atoms with van der Waals surface area (Å²) in [5.74, 6) is -0.166. The first-order valence-corrected chi connectivity index (χ1v) is 7.62. The average molecular weight is 343 g/mol. The number of carbonyl (C=O) groups excluding carboxylic acids is 1. The Balaban J connectivity index is 1.85. The molecule has 5 nitrogen and oxygen atoms in total. The van der Waals surface area contributed by atoms with Crippen LogP contribution in [0, 0.1) is 0 Å². The van der Waals surface area contributed by atoms with Gasteiger partial charge in [-0.1, -0.05) is 47.1 Å². The number of methoxy groups -OCH3 is 1. The van der Waals surface area contributed by atoms with E-state index >= 15 is 0 Å². The SMILES string of the molecule is COc1ccccc1C(=O)ON=Cc1c(Cl)n(C)c2ccccc12. The molecule has 0 amide bonds. The van der Waals surface area contributed by atoms with Crippen molar-refractivity contribution in [2.75, 3.05) is 7.11 Å². The third-order valence-corrected chi connectivity index (χ3v) is 4.17. The number of aryl methyl sites for hydroxylation is 1. The molecule has 0 spiro atoms. The monoisotopic (exact) mass is 342 g/mol. The Hall–Kier alpha value is -2.79. The van der Waals surface area contributed by atoms with Crippen molar-refractivity contribution >= 4 is 34.7 Å². The normalized spacial score (nSPS) is 11.1. The van der Waals surface area contributed by atoms with Gasteiger partial charge in [0, 0.05) is 23.5 Å². The van der Waals surface area contributed by atoms with E-state index in [1.165, 1.54) is 13.3 Å². The van der Waals surface area contributed by atoms with Gasteiger partial charge >= 0.3 is 5.97 Å². The van der Waals surface area contributed by atoms with E-state index in [0.717, 1.165) is 10.9 Å². The van der Waals surface area contributed by atoms with Crippen LogP contribution >= 0.6 is 11.6 Å². The molecular formula is C18H15ClN2O3. The topological polar surface area (TPSA) is 52.8 Å². The second kappa shape index (κ2) is 6.76. The highest BCUT2D eigenvalue weighted by atomic mass is 35.5. The largest absolute Gasteiger partial charge is 0.496 e. The van der Waals surface area contributed by atoms with E-state index in [2.05, 4.69) is 5.16 Å². The first-order valence-electron chi connectivity index (χ1n) is 7.24. The highest BCUT2D eigenvalue weighted by Crippen LogP contribution is 2.27. The van der Waals surface area contributed by atoms with Crippen LogP contribution < -0.4 is 4.74 Å². The van der Waals surface area contributed by atoms with Crippen LogP contribution in [0.1, 0.15) is 15.9 Å². The molecule has 6 heteroatoms. The first-order chi connectivity index (χ1) is 11.6. The number of halogens is 1. The smallest absolute Gasteiger partial charge is 0.369 e. The van der Waals surface area contributed by atoms with E-state index in [4.69, 9.17) is 21.2 Å². The van der Waals surface area contributed by atoms with Gasteiger partial charge in [0.05, 0.1) is 13.3 Å². The Kier molecular flexibility index (Phi) is 4.53. The molecule has 24 heavy (non-hydrogen) atoms. The van der Waals surface area contributed by atoms with Gasteiger partial charge < -0.3 is 14.1 Å². The highest BCUT2D eigenvalue weighted by Gasteiger charge is 2.14. The third kappa shape index (κ3) is 2.86. The van der Waals surface area contributed by atoms with Gasteiger partial charge in [0.25, 0.3) is 0 Å². The lowest BCUT2D eigenvalue weighted by atomic mass is 10.2. The quantitative estimate of drug-likeness (QED) is 0.408. The summed E-state index contributed by atoms with van der Waals surface area (Å²) in [5, 5.41) is 5.24. The Morgan fingerprint density at radius 1 is 1.17 bits per heavy atom. The Bertz CT molecular complexity index is 931. The average Bonchev–Trinajstić information content (AvgIpc) is 2.86. The number of rotatable bonds is 4. The summed E-state index contributed by atoms with van der Waals surface area (Å²) in [6.45, 7) is 0. The van der Waals surface area contributed by atoms with Crippen LogP contribution in [0.15, 0.2) is 53.7 Å². The molecule has 1 aromatic heterocycles. The number of para-hydroxylation sites is 2. The summed E-state index contributed by atoms with van der Waals surface area (Å²) in [5.41, 5.74) is 1.98. The minimum Gasteiger partial charge on any atom is -0.496 e.